The molecule has 0 radical (unpaired) electrons. The molecule has 0 saturated carbocycles. The van der Waals surface area contributed by atoms with Crippen molar-refractivity contribution in [2.75, 3.05) is 13.2 Å². The van der Waals surface area contributed by atoms with Crippen molar-refractivity contribution < 1.29 is 13.7 Å². The van der Waals surface area contributed by atoms with Crippen LogP contribution in [0.4, 0.5) is 0 Å². The normalized spacial score (nSPS) is 25.9. The van der Waals surface area contributed by atoms with Gasteiger partial charge in [0.05, 0.1) is 23.5 Å². The quantitative estimate of drug-likeness (QED) is 0.784. The summed E-state index contributed by atoms with van der Waals surface area (Å²) in [7, 11) is -1.34. The minimum absolute atomic E-state index is 0.214. The van der Waals surface area contributed by atoms with E-state index in [1.807, 2.05) is 51.1 Å². The monoisotopic (exact) mass is 348 g/mol. The average molecular weight is 348 g/mol. The molecule has 0 spiro atoms. The second-order valence-electron chi connectivity index (χ2n) is 6.87. The van der Waals surface area contributed by atoms with Crippen molar-refractivity contribution >= 4 is 17.0 Å². The molecule has 5 nitrogen and oxygen atoms in total. The van der Waals surface area contributed by atoms with Gasteiger partial charge in [-0.2, -0.15) is 5.26 Å². The van der Waals surface area contributed by atoms with Gasteiger partial charge in [0.25, 0.3) is 0 Å². The molecule has 0 N–H and O–H groups in total. The number of nitriles is 1. The number of carbonyl (C=O) groups excluding carboxylic acids is 1. The number of hydrogen-bond acceptors (Lipinski definition) is 4. The van der Waals surface area contributed by atoms with E-state index >= 15 is 0 Å². The molecule has 1 saturated heterocycles. The Morgan fingerprint density at radius 2 is 2.04 bits per heavy atom. The van der Waals surface area contributed by atoms with Gasteiger partial charge in [0.1, 0.15) is 11.0 Å². The third-order valence-electron chi connectivity index (χ3n) is 4.17. The number of hydrogen-bond donors (Lipinski definition) is 0. The first-order valence-electron chi connectivity index (χ1n) is 8.10. The fourth-order valence-corrected chi connectivity index (χ4v) is 4.50. The fraction of sp³-hybridized carbons (Fsp3) is 0.556. The van der Waals surface area contributed by atoms with E-state index in [4.69, 9.17) is 4.74 Å². The molecule has 0 unspecified atom stereocenters. The summed E-state index contributed by atoms with van der Waals surface area (Å²) < 4.78 is 19.5. The van der Waals surface area contributed by atoms with E-state index in [0.717, 1.165) is 5.56 Å². The standard InChI is InChI=1S/C18H24N2O3S/c1-5-23-16(21)18(13-19)11-12-20(24(22)17(2,3)4)15(18)14-9-7-6-8-10-14/h6-10,15H,5,11-12H2,1-4H3/t15-,18-,24-/m1/s1. The van der Waals surface area contributed by atoms with Gasteiger partial charge in [0.2, 0.25) is 0 Å². The summed E-state index contributed by atoms with van der Waals surface area (Å²) in [6, 6.07) is 11.0. The van der Waals surface area contributed by atoms with Crippen molar-refractivity contribution in [1.82, 2.24) is 4.31 Å². The third kappa shape index (κ3) is 3.24. The SMILES string of the molecule is CCOC(=O)[C@@]1(C#N)CCN([S@](=O)C(C)(C)C)[C@@H]1c1ccccc1. The number of benzene rings is 1. The van der Waals surface area contributed by atoms with E-state index in [1.165, 1.54) is 0 Å². The van der Waals surface area contributed by atoms with Crippen molar-refractivity contribution in [2.45, 2.75) is 44.9 Å². The topological polar surface area (TPSA) is 70.4 Å². The number of rotatable bonds is 4. The Bertz CT molecular complexity index is 663. The van der Waals surface area contributed by atoms with Gasteiger partial charge in [-0.15, -0.1) is 0 Å². The number of ether oxygens (including phenoxy) is 1. The molecule has 1 fully saturated rings. The zero-order valence-electron chi connectivity index (χ0n) is 14.6. The Morgan fingerprint density at radius 1 is 1.42 bits per heavy atom. The highest BCUT2D eigenvalue weighted by Gasteiger charge is 2.57. The highest BCUT2D eigenvalue weighted by molar-refractivity contribution is 7.84. The lowest BCUT2D eigenvalue weighted by molar-refractivity contribution is -0.153. The van der Waals surface area contributed by atoms with Crippen LogP contribution in [0.15, 0.2) is 30.3 Å². The lowest BCUT2D eigenvalue weighted by Gasteiger charge is -2.34. The predicted octanol–water partition coefficient (Wildman–Crippen LogP) is 2.97. The van der Waals surface area contributed by atoms with Crippen molar-refractivity contribution in [1.29, 1.82) is 5.26 Å². The van der Waals surface area contributed by atoms with E-state index in [-0.39, 0.29) is 6.61 Å². The highest BCUT2D eigenvalue weighted by Crippen LogP contribution is 2.49. The van der Waals surface area contributed by atoms with Crippen LogP contribution in [0.5, 0.6) is 0 Å². The van der Waals surface area contributed by atoms with E-state index < -0.39 is 33.2 Å². The van der Waals surface area contributed by atoms with Crippen LogP contribution in [0.2, 0.25) is 0 Å². The van der Waals surface area contributed by atoms with Crippen LogP contribution in [0.25, 0.3) is 0 Å². The van der Waals surface area contributed by atoms with Gasteiger partial charge in [-0.3, -0.25) is 4.79 Å². The Kier molecular flexibility index (Phi) is 5.46. The molecule has 130 valence electrons. The molecule has 0 aliphatic carbocycles. The van der Waals surface area contributed by atoms with Crippen LogP contribution in [0.3, 0.4) is 0 Å². The van der Waals surface area contributed by atoms with Crippen molar-refractivity contribution in [2.24, 2.45) is 5.41 Å². The molecular formula is C18H24N2O3S. The summed E-state index contributed by atoms with van der Waals surface area (Å²) in [6.45, 7) is 8.02. The first-order chi connectivity index (χ1) is 11.3. The van der Waals surface area contributed by atoms with E-state index in [1.54, 1.807) is 11.2 Å². The van der Waals surface area contributed by atoms with Crippen LogP contribution in [-0.4, -0.2) is 32.4 Å². The molecule has 1 aliphatic heterocycles. The van der Waals surface area contributed by atoms with Crippen LogP contribution >= 0.6 is 0 Å². The zero-order chi connectivity index (χ0) is 18.0. The molecule has 24 heavy (non-hydrogen) atoms. The molecule has 3 atom stereocenters. The average Bonchev–Trinajstić information content (AvgIpc) is 2.94. The summed E-state index contributed by atoms with van der Waals surface area (Å²) in [4.78, 5) is 12.6. The van der Waals surface area contributed by atoms with Gasteiger partial charge >= 0.3 is 5.97 Å². The third-order valence-corrected chi connectivity index (χ3v) is 6.04. The Hall–Kier alpha value is -1.71. The lowest BCUT2D eigenvalue weighted by Crippen LogP contribution is -2.42. The van der Waals surface area contributed by atoms with Crippen molar-refractivity contribution in [3.8, 4) is 6.07 Å². The summed E-state index contributed by atoms with van der Waals surface area (Å²) in [5.74, 6) is -0.533. The highest BCUT2D eigenvalue weighted by atomic mass is 32.2. The lowest BCUT2D eigenvalue weighted by atomic mass is 9.78. The Labute approximate surface area is 146 Å². The van der Waals surface area contributed by atoms with Crippen LogP contribution < -0.4 is 0 Å². The van der Waals surface area contributed by atoms with Crippen LogP contribution in [0, 0.1) is 16.7 Å². The van der Waals surface area contributed by atoms with Crippen LogP contribution in [-0.2, 0) is 20.5 Å². The predicted molar refractivity (Wildman–Crippen MR) is 93.1 cm³/mol. The van der Waals surface area contributed by atoms with Gasteiger partial charge in [-0.25, -0.2) is 8.51 Å². The maximum Gasteiger partial charge on any atom is 0.328 e. The molecule has 1 aromatic rings. The van der Waals surface area contributed by atoms with E-state index in [0.29, 0.717) is 13.0 Å². The summed E-state index contributed by atoms with van der Waals surface area (Å²) >= 11 is 0. The second kappa shape index (κ2) is 7.04. The van der Waals surface area contributed by atoms with Crippen LogP contribution in [0.1, 0.15) is 45.7 Å². The van der Waals surface area contributed by atoms with Crippen molar-refractivity contribution in [3.63, 3.8) is 0 Å². The summed E-state index contributed by atoms with van der Waals surface area (Å²) in [5.41, 5.74) is -0.527. The van der Waals surface area contributed by atoms with E-state index in [2.05, 4.69) is 6.07 Å². The molecule has 0 aromatic heterocycles. The van der Waals surface area contributed by atoms with Gasteiger partial charge in [-0.05, 0) is 39.7 Å². The molecule has 2 rings (SSSR count). The van der Waals surface area contributed by atoms with Gasteiger partial charge < -0.3 is 4.74 Å². The zero-order valence-corrected chi connectivity index (χ0v) is 15.4. The minimum Gasteiger partial charge on any atom is -0.465 e. The molecule has 0 amide bonds. The molecule has 1 heterocycles. The largest absolute Gasteiger partial charge is 0.465 e. The van der Waals surface area contributed by atoms with E-state index in [9.17, 15) is 14.3 Å². The second-order valence-corrected chi connectivity index (χ2v) is 9.06. The van der Waals surface area contributed by atoms with Gasteiger partial charge in [0, 0.05) is 6.54 Å². The van der Waals surface area contributed by atoms with Crippen molar-refractivity contribution in [3.05, 3.63) is 35.9 Å². The summed E-state index contributed by atoms with van der Waals surface area (Å²) in [5, 5.41) is 9.87. The Balaban J connectivity index is 2.55. The number of nitrogens with zero attached hydrogens (tertiary/aromatic N) is 2. The molecule has 6 heteroatoms. The molecule has 0 bridgehead atoms. The maximum absolute atomic E-state index is 13.0. The molecule has 1 aromatic carbocycles. The number of esters is 1. The van der Waals surface area contributed by atoms with Gasteiger partial charge in [0.15, 0.2) is 5.41 Å². The fourth-order valence-electron chi connectivity index (χ4n) is 3.05. The van der Waals surface area contributed by atoms with Gasteiger partial charge in [-0.1, -0.05) is 30.3 Å². The Morgan fingerprint density at radius 3 is 2.54 bits per heavy atom. The minimum atomic E-state index is -1.34. The molecule has 1 aliphatic rings. The first kappa shape index (κ1) is 18.6. The number of carbonyl (C=O) groups is 1. The maximum atomic E-state index is 13.0. The molecular weight excluding hydrogens is 324 g/mol. The summed E-state index contributed by atoms with van der Waals surface area (Å²) in [6.07, 6.45) is 0.309. The first-order valence-corrected chi connectivity index (χ1v) is 9.20. The smallest absolute Gasteiger partial charge is 0.328 e.